The SMILES string of the molecule is CCNCC(C(C)C)N1CCC(C)CC1. The molecule has 1 saturated heterocycles. The van der Waals surface area contributed by atoms with Crippen molar-refractivity contribution < 1.29 is 0 Å². The molecule has 0 radical (unpaired) electrons. The molecule has 0 aromatic heterocycles. The molecule has 0 amide bonds. The van der Waals surface area contributed by atoms with Gasteiger partial charge in [-0.2, -0.15) is 0 Å². The van der Waals surface area contributed by atoms with E-state index < -0.39 is 0 Å². The van der Waals surface area contributed by atoms with Crippen molar-refractivity contribution in [2.45, 2.75) is 46.6 Å². The highest BCUT2D eigenvalue weighted by molar-refractivity contribution is 4.80. The summed E-state index contributed by atoms with van der Waals surface area (Å²) in [5.41, 5.74) is 0. The van der Waals surface area contributed by atoms with Crippen LogP contribution in [0.1, 0.15) is 40.5 Å². The first-order valence-corrected chi connectivity index (χ1v) is 6.59. The number of likely N-dealkylation sites (N-methyl/N-ethyl adjacent to an activating group) is 1. The fourth-order valence-electron chi connectivity index (χ4n) is 2.44. The highest BCUT2D eigenvalue weighted by Gasteiger charge is 2.24. The Labute approximate surface area is 95.4 Å². The summed E-state index contributed by atoms with van der Waals surface area (Å²) in [7, 11) is 0. The largest absolute Gasteiger partial charge is 0.315 e. The number of nitrogens with one attached hydrogen (secondary N) is 1. The predicted molar refractivity (Wildman–Crippen MR) is 67.1 cm³/mol. The van der Waals surface area contributed by atoms with Crippen LogP contribution in [0.5, 0.6) is 0 Å². The second-order valence-corrected chi connectivity index (χ2v) is 5.34. The van der Waals surface area contributed by atoms with Crippen LogP contribution in [0.25, 0.3) is 0 Å². The van der Waals surface area contributed by atoms with E-state index >= 15 is 0 Å². The van der Waals surface area contributed by atoms with E-state index in [1.54, 1.807) is 0 Å². The van der Waals surface area contributed by atoms with Crippen molar-refractivity contribution in [3.63, 3.8) is 0 Å². The molecule has 1 rings (SSSR count). The van der Waals surface area contributed by atoms with E-state index in [0.717, 1.165) is 31.0 Å². The van der Waals surface area contributed by atoms with Gasteiger partial charge in [0.1, 0.15) is 0 Å². The molecule has 1 heterocycles. The van der Waals surface area contributed by atoms with Gasteiger partial charge in [0, 0.05) is 12.6 Å². The van der Waals surface area contributed by atoms with Crippen LogP contribution >= 0.6 is 0 Å². The van der Waals surface area contributed by atoms with Crippen LogP contribution in [-0.4, -0.2) is 37.1 Å². The van der Waals surface area contributed by atoms with Crippen molar-refractivity contribution in [3.8, 4) is 0 Å². The minimum absolute atomic E-state index is 0.734. The number of hydrogen-bond acceptors (Lipinski definition) is 2. The molecule has 1 aliphatic heterocycles. The lowest BCUT2D eigenvalue weighted by Gasteiger charge is -2.39. The Hall–Kier alpha value is -0.0800. The van der Waals surface area contributed by atoms with Crippen molar-refractivity contribution in [2.24, 2.45) is 11.8 Å². The molecule has 1 unspecified atom stereocenters. The fraction of sp³-hybridized carbons (Fsp3) is 1.00. The molecular formula is C13H28N2. The molecule has 0 aliphatic carbocycles. The molecule has 2 heteroatoms. The van der Waals surface area contributed by atoms with E-state index in [0.29, 0.717) is 0 Å². The molecule has 0 aromatic carbocycles. The molecule has 0 bridgehead atoms. The Morgan fingerprint density at radius 3 is 2.33 bits per heavy atom. The van der Waals surface area contributed by atoms with E-state index in [9.17, 15) is 0 Å². The zero-order valence-corrected chi connectivity index (χ0v) is 10.9. The Morgan fingerprint density at radius 2 is 1.87 bits per heavy atom. The zero-order valence-electron chi connectivity index (χ0n) is 10.9. The molecule has 1 N–H and O–H groups in total. The van der Waals surface area contributed by atoms with Gasteiger partial charge < -0.3 is 5.32 Å². The molecule has 1 fully saturated rings. The smallest absolute Gasteiger partial charge is 0.0243 e. The molecule has 15 heavy (non-hydrogen) atoms. The van der Waals surface area contributed by atoms with Gasteiger partial charge in [0.05, 0.1) is 0 Å². The first kappa shape index (κ1) is 13.0. The van der Waals surface area contributed by atoms with E-state index in [2.05, 4.69) is 37.9 Å². The van der Waals surface area contributed by atoms with Crippen LogP contribution in [0.15, 0.2) is 0 Å². The van der Waals surface area contributed by atoms with Gasteiger partial charge in [0.2, 0.25) is 0 Å². The lowest BCUT2D eigenvalue weighted by atomic mass is 9.94. The third-order valence-corrected chi connectivity index (χ3v) is 3.66. The van der Waals surface area contributed by atoms with Crippen molar-refractivity contribution in [2.75, 3.05) is 26.2 Å². The van der Waals surface area contributed by atoms with E-state index in [4.69, 9.17) is 0 Å². The number of likely N-dealkylation sites (tertiary alicyclic amines) is 1. The highest BCUT2D eigenvalue weighted by atomic mass is 15.2. The summed E-state index contributed by atoms with van der Waals surface area (Å²) in [4.78, 5) is 2.69. The van der Waals surface area contributed by atoms with Crippen molar-refractivity contribution in [3.05, 3.63) is 0 Å². The zero-order chi connectivity index (χ0) is 11.3. The number of piperidine rings is 1. The van der Waals surface area contributed by atoms with E-state index in [1.807, 2.05) is 0 Å². The lowest BCUT2D eigenvalue weighted by molar-refractivity contribution is 0.107. The molecular weight excluding hydrogens is 184 g/mol. The number of hydrogen-bond donors (Lipinski definition) is 1. The standard InChI is InChI=1S/C13H28N2/c1-5-14-10-13(11(2)3)15-8-6-12(4)7-9-15/h11-14H,5-10H2,1-4H3. The summed E-state index contributed by atoms with van der Waals surface area (Å²) in [6, 6.07) is 0.734. The summed E-state index contributed by atoms with van der Waals surface area (Å²) < 4.78 is 0. The van der Waals surface area contributed by atoms with Gasteiger partial charge in [-0.3, -0.25) is 4.90 Å². The quantitative estimate of drug-likeness (QED) is 0.752. The van der Waals surface area contributed by atoms with Crippen LogP contribution in [0.3, 0.4) is 0 Å². The maximum Gasteiger partial charge on any atom is 0.0243 e. The molecule has 0 spiro atoms. The van der Waals surface area contributed by atoms with Crippen LogP contribution < -0.4 is 5.32 Å². The molecule has 90 valence electrons. The monoisotopic (exact) mass is 212 g/mol. The van der Waals surface area contributed by atoms with Crippen LogP contribution in [0.4, 0.5) is 0 Å². The highest BCUT2D eigenvalue weighted by Crippen LogP contribution is 2.20. The van der Waals surface area contributed by atoms with Crippen molar-refractivity contribution in [1.82, 2.24) is 10.2 Å². The Balaban J connectivity index is 2.41. The Kier molecular flexibility index (Phi) is 5.62. The number of rotatable bonds is 5. The maximum absolute atomic E-state index is 3.50. The van der Waals surface area contributed by atoms with Crippen LogP contribution in [-0.2, 0) is 0 Å². The van der Waals surface area contributed by atoms with Gasteiger partial charge in [-0.05, 0) is 44.3 Å². The fourth-order valence-corrected chi connectivity index (χ4v) is 2.44. The topological polar surface area (TPSA) is 15.3 Å². The summed E-state index contributed by atoms with van der Waals surface area (Å²) >= 11 is 0. The van der Waals surface area contributed by atoms with E-state index in [1.165, 1.54) is 25.9 Å². The predicted octanol–water partition coefficient (Wildman–Crippen LogP) is 2.35. The summed E-state index contributed by atoms with van der Waals surface area (Å²) in [6.45, 7) is 14.1. The third-order valence-electron chi connectivity index (χ3n) is 3.66. The molecule has 0 aromatic rings. The molecule has 0 saturated carbocycles. The second-order valence-electron chi connectivity index (χ2n) is 5.34. The third kappa shape index (κ3) is 4.12. The van der Waals surface area contributed by atoms with Crippen LogP contribution in [0, 0.1) is 11.8 Å². The summed E-state index contributed by atoms with van der Waals surface area (Å²) in [5, 5.41) is 3.50. The first-order chi connectivity index (χ1) is 7.15. The molecule has 1 atom stereocenters. The lowest BCUT2D eigenvalue weighted by Crippen LogP contribution is -2.48. The normalized spacial score (nSPS) is 22.2. The number of nitrogens with zero attached hydrogens (tertiary/aromatic N) is 1. The Bertz CT molecular complexity index is 160. The maximum atomic E-state index is 3.50. The Morgan fingerprint density at radius 1 is 1.27 bits per heavy atom. The van der Waals surface area contributed by atoms with Gasteiger partial charge >= 0.3 is 0 Å². The minimum Gasteiger partial charge on any atom is -0.315 e. The van der Waals surface area contributed by atoms with Gasteiger partial charge in [-0.15, -0.1) is 0 Å². The van der Waals surface area contributed by atoms with Gasteiger partial charge in [-0.1, -0.05) is 27.7 Å². The summed E-state index contributed by atoms with van der Waals surface area (Å²) in [6.07, 6.45) is 2.77. The minimum atomic E-state index is 0.734. The summed E-state index contributed by atoms with van der Waals surface area (Å²) in [5.74, 6) is 1.70. The average Bonchev–Trinajstić information content (AvgIpc) is 2.21. The van der Waals surface area contributed by atoms with Gasteiger partial charge in [0.15, 0.2) is 0 Å². The second kappa shape index (κ2) is 6.49. The molecule has 2 nitrogen and oxygen atoms in total. The van der Waals surface area contributed by atoms with Crippen molar-refractivity contribution in [1.29, 1.82) is 0 Å². The van der Waals surface area contributed by atoms with Gasteiger partial charge in [-0.25, -0.2) is 0 Å². The average molecular weight is 212 g/mol. The van der Waals surface area contributed by atoms with Crippen molar-refractivity contribution >= 4 is 0 Å². The first-order valence-electron chi connectivity index (χ1n) is 6.59. The van der Waals surface area contributed by atoms with Gasteiger partial charge in [0.25, 0.3) is 0 Å². The van der Waals surface area contributed by atoms with E-state index in [-0.39, 0.29) is 0 Å². The molecule has 1 aliphatic rings. The van der Waals surface area contributed by atoms with Crippen LogP contribution in [0.2, 0.25) is 0 Å².